The number of hydrogen-bond donors (Lipinski definition) is 0. The number of ether oxygens (including phenoxy) is 1. The lowest BCUT2D eigenvalue weighted by atomic mass is 10.1. The van der Waals surface area contributed by atoms with Gasteiger partial charge >= 0.3 is 0 Å². The van der Waals surface area contributed by atoms with Crippen molar-refractivity contribution in [3.63, 3.8) is 0 Å². The highest BCUT2D eigenvalue weighted by Crippen LogP contribution is 2.22. The lowest BCUT2D eigenvalue weighted by Gasteiger charge is -2.05. The smallest absolute Gasteiger partial charge is 0.261 e. The molecular weight excluding hydrogens is 290 g/mol. The number of aryl methyl sites for hydroxylation is 2. The van der Waals surface area contributed by atoms with E-state index in [0.717, 1.165) is 5.69 Å². The summed E-state index contributed by atoms with van der Waals surface area (Å²) in [6.45, 7) is 3.85. The van der Waals surface area contributed by atoms with E-state index in [4.69, 9.17) is 16.3 Å². The summed E-state index contributed by atoms with van der Waals surface area (Å²) in [6.07, 6.45) is -1.56. The van der Waals surface area contributed by atoms with Gasteiger partial charge in [-0.05, 0) is 13.3 Å². The first kappa shape index (κ1) is 17.0. The Bertz CT molecular complexity index is 450. The van der Waals surface area contributed by atoms with Gasteiger partial charge in [0.1, 0.15) is 12.4 Å². The number of nitrogens with zero attached hydrogens (tertiary/aromatic N) is 2. The van der Waals surface area contributed by atoms with Crippen LogP contribution in [-0.4, -0.2) is 35.2 Å². The van der Waals surface area contributed by atoms with Gasteiger partial charge in [0, 0.05) is 19.4 Å². The molecule has 0 spiro atoms. The summed E-state index contributed by atoms with van der Waals surface area (Å²) in [6, 6.07) is 0. The summed E-state index contributed by atoms with van der Waals surface area (Å²) in [5.41, 5.74) is 1.45. The van der Waals surface area contributed by atoms with E-state index in [0.29, 0.717) is 23.7 Å². The maximum Gasteiger partial charge on any atom is 0.261 e. The number of aromatic nitrogens is 2. The zero-order valence-electron chi connectivity index (χ0n) is 11.7. The van der Waals surface area contributed by atoms with E-state index in [1.165, 1.54) is 0 Å². The number of alkyl halides is 2. The van der Waals surface area contributed by atoms with Gasteiger partial charge in [-0.1, -0.05) is 18.5 Å². The first-order valence-electron chi connectivity index (χ1n) is 6.61. The molecule has 0 atom stereocenters. The molecule has 1 rings (SSSR count). The lowest BCUT2D eigenvalue weighted by Crippen LogP contribution is -2.13. The van der Waals surface area contributed by atoms with Crippen LogP contribution in [0.5, 0.6) is 0 Å². The minimum Gasteiger partial charge on any atom is -0.375 e. The molecule has 114 valence electrons. The van der Waals surface area contributed by atoms with Crippen LogP contribution >= 0.6 is 11.6 Å². The molecule has 0 unspecified atom stereocenters. The summed E-state index contributed by atoms with van der Waals surface area (Å²) in [4.78, 5) is 11.8. The molecule has 0 N–H and O–H groups in total. The van der Waals surface area contributed by atoms with Crippen molar-refractivity contribution >= 4 is 17.4 Å². The Morgan fingerprint density at radius 3 is 2.70 bits per heavy atom. The van der Waals surface area contributed by atoms with Crippen molar-refractivity contribution in [2.24, 2.45) is 0 Å². The summed E-state index contributed by atoms with van der Waals surface area (Å²) in [7, 11) is 0. The first-order chi connectivity index (χ1) is 9.49. The van der Waals surface area contributed by atoms with E-state index >= 15 is 0 Å². The summed E-state index contributed by atoms with van der Waals surface area (Å²) in [5.74, 6) is -0.0987. The molecule has 0 aliphatic heterocycles. The van der Waals surface area contributed by atoms with Gasteiger partial charge in [0.25, 0.3) is 6.43 Å². The van der Waals surface area contributed by atoms with Gasteiger partial charge in [-0.3, -0.25) is 9.48 Å². The van der Waals surface area contributed by atoms with Crippen LogP contribution in [0.4, 0.5) is 8.78 Å². The topological polar surface area (TPSA) is 44.1 Å². The summed E-state index contributed by atoms with van der Waals surface area (Å²) in [5, 5.41) is 4.85. The van der Waals surface area contributed by atoms with E-state index in [2.05, 4.69) is 5.10 Å². The molecule has 4 nitrogen and oxygen atoms in total. The van der Waals surface area contributed by atoms with Crippen LogP contribution in [0, 0.1) is 0 Å². The van der Waals surface area contributed by atoms with E-state index in [-0.39, 0.29) is 25.2 Å². The minimum atomic E-state index is -2.51. The monoisotopic (exact) mass is 308 g/mol. The fourth-order valence-electron chi connectivity index (χ4n) is 1.82. The van der Waals surface area contributed by atoms with Gasteiger partial charge in [0.05, 0.1) is 23.0 Å². The molecule has 1 aromatic rings. The Kier molecular flexibility index (Phi) is 7.09. The van der Waals surface area contributed by atoms with Crippen LogP contribution in [0.1, 0.15) is 31.7 Å². The van der Waals surface area contributed by atoms with E-state index in [1.807, 2.05) is 13.8 Å². The average molecular weight is 309 g/mol. The lowest BCUT2D eigenvalue weighted by molar-refractivity contribution is -0.120. The molecule has 1 aromatic heterocycles. The van der Waals surface area contributed by atoms with Gasteiger partial charge in [-0.25, -0.2) is 8.78 Å². The maximum atomic E-state index is 11.9. The fourth-order valence-corrected chi connectivity index (χ4v) is 2.16. The minimum absolute atomic E-state index is 0.00168. The number of halogens is 3. The molecule has 0 fully saturated rings. The second kappa shape index (κ2) is 8.32. The van der Waals surface area contributed by atoms with Crippen molar-refractivity contribution in [2.75, 3.05) is 13.2 Å². The van der Waals surface area contributed by atoms with Crippen molar-refractivity contribution < 1.29 is 18.3 Å². The standard InChI is InChI=1S/C13H19ClF2N2O2/c1-3-10-13(14)11(18(4-2)17-10)7-9(19)5-6-20-8-12(15)16/h12H,3-8H2,1-2H3. The SMILES string of the molecule is CCc1nn(CC)c(CC(=O)CCOCC(F)F)c1Cl. The van der Waals surface area contributed by atoms with Crippen LogP contribution in [-0.2, 0) is 28.9 Å². The van der Waals surface area contributed by atoms with E-state index in [1.54, 1.807) is 4.68 Å². The summed E-state index contributed by atoms with van der Waals surface area (Å²) < 4.78 is 30.1. The van der Waals surface area contributed by atoms with Crippen molar-refractivity contribution in [1.82, 2.24) is 9.78 Å². The van der Waals surface area contributed by atoms with E-state index in [9.17, 15) is 13.6 Å². The second-order valence-electron chi connectivity index (χ2n) is 4.31. The molecule has 0 radical (unpaired) electrons. The molecular formula is C13H19ClF2N2O2. The largest absolute Gasteiger partial charge is 0.375 e. The van der Waals surface area contributed by atoms with Crippen LogP contribution in [0.2, 0.25) is 5.02 Å². The van der Waals surface area contributed by atoms with Crippen molar-refractivity contribution in [1.29, 1.82) is 0 Å². The zero-order valence-corrected chi connectivity index (χ0v) is 12.4. The van der Waals surface area contributed by atoms with Gasteiger partial charge in [-0.15, -0.1) is 0 Å². The fraction of sp³-hybridized carbons (Fsp3) is 0.692. The Hall–Kier alpha value is -1.01. The Morgan fingerprint density at radius 1 is 1.45 bits per heavy atom. The molecule has 0 aliphatic carbocycles. The second-order valence-corrected chi connectivity index (χ2v) is 4.69. The Labute approximate surface area is 122 Å². The molecule has 20 heavy (non-hydrogen) atoms. The number of ketones is 1. The zero-order chi connectivity index (χ0) is 15.1. The summed E-state index contributed by atoms with van der Waals surface area (Å²) >= 11 is 6.19. The highest BCUT2D eigenvalue weighted by atomic mass is 35.5. The highest BCUT2D eigenvalue weighted by molar-refractivity contribution is 6.32. The van der Waals surface area contributed by atoms with Crippen molar-refractivity contribution in [3.8, 4) is 0 Å². The quantitative estimate of drug-likeness (QED) is 0.659. The van der Waals surface area contributed by atoms with Crippen LogP contribution in [0.3, 0.4) is 0 Å². The predicted molar refractivity (Wildman–Crippen MR) is 72.4 cm³/mol. The van der Waals surface area contributed by atoms with Crippen LogP contribution in [0.25, 0.3) is 0 Å². The number of hydrogen-bond acceptors (Lipinski definition) is 3. The Morgan fingerprint density at radius 2 is 2.15 bits per heavy atom. The third-order valence-corrected chi connectivity index (χ3v) is 3.26. The van der Waals surface area contributed by atoms with Gasteiger partial charge in [0.15, 0.2) is 0 Å². The van der Waals surface area contributed by atoms with Gasteiger partial charge < -0.3 is 4.74 Å². The molecule has 0 amide bonds. The van der Waals surface area contributed by atoms with Crippen LogP contribution in [0.15, 0.2) is 0 Å². The third kappa shape index (κ3) is 4.83. The molecule has 7 heteroatoms. The molecule has 0 bridgehead atoms. The number of carbonyl (C=O) groups is 1. The average Bonchev–Trinajstić information content (AvgIpc) is 2.71. The van der Waals surface area contributed by atoms with Crippen molar-refractivity contribution in [3.05, 3.63) is 16.4 Å². The molecule has 0 aliphatic rings. The predicted octanol–water partition coefficient (Wildman–Crippen LogP) is 2.90. The van der Waals surface area contributed by atoms with Gasteiger partial charge in [-0.2, -0.15) is 5.10 Å². The normalized spacial score (nSPS) is 11.3. The maximum absolute atomic E-state index is 11.9. The van der Waals surface area contributed by atoms with Crippen molar-refractivity contribution in [2.45, 2.75) is 46.1 Å². The first-order valence-corrected chi connectivity index (χ1v) is 6.98. The third-order valence-electron chi connectivity index (χ3n) is 2.83. The van der Waals surface area contributed by atoms with Crippen LogP contribution < -0.4 is 0 Å². The molecule has 1 heterocycles. The molecule has 0 aromatic carbocycles. The number of rotatable bonds is 9. The number of Topliss-reactive ketones (excluding diaryl/α,β-unsaturated/α-hetero) is 1. The van der Waals surface area contributed by atoms with Gasteiger partial charge in [0.2, 0.25) is 0 Å². The van der Waals surface area contributed by atoms with E-state index < -0.39 is 13.0 Å². The highest BCUT2D eigenvalue weighted by Gasteiger charge is 2.17. The molecule has 0 saturated carbocycles. The molecule has 0 saturated heterocycles. The Balaban J connectivity index is 2.55. The number of carbonyl (C=O) groups excluding carboxylic acids is 1.